The van der Waals surface area contributed by atoms with Gasteiger partial charge in [-0.05, 0) is 218 Å². The van der Waals surface area contributed by atoms with Crippen LogP contribution in [-0.2, 0) is 61.4 Å². The molecular weight excluding hydrogens is 1390 g/mol. The van der Waals surface area contributed by atoms with E-state index in [1.54, 1.807) is 34.6 Å². The third kappa shape index (κ3) is 24.7. The highest BCUT2D eigenvalue weighted by Gasteiger charge is 2.56. The van der Waals surface area contributed by atoms with Gasteiger partial charge in [-0.3, -0.25) is 9.59 Å². The molecule has 25 heteroatoms. The van der Waals surface area contributed by atoms with Gasteiger partial charge in [-0.2, -0.15) is 0 Å². The van der Waals surface area contributed by atoms with E-state index in [-0.39, 0.29) is 83.1 Å². The Kier molecular flexibility index (Phi) is 34.0. The summed E-state index contributed by atoms with van der Waals surface area (Å²) in [7, 11) is 9.11. The summed E-state index contributed by atoms with van der Waals surface area (Å²) in [6.07, 6.45) is -7.99. The molecule has 6 fully saturated rings. The molecule has 6 aliphatic rings. The van der Waals surface area contributed by atoms with Crippen LogP contribution in [0.15, 0.2) is 0 Å². The number of esters is 2. The Labute approximate surface area is 648 Å². The molecule has 24 nitrogen and oxygen atoms in total. The van der Waals surface area contributed by atoms with Gasteiger partial charge in [0.05, 0.1) is 78.0 Å². The third-order valence-electron chi connectivity index (χ3n) is 25.5. The highest BCUT2D eigenvalue weighted by atomic mass is 28.4. The number of likely N-dealkylation sites (N-methyl/N-ethyl adjacent to an activating group) is 4. The van der Waals surface area contributed by atoms with Gasteiger partial charge in [-0.1, -0.05) is 90.0 Å². The average Bonchev–Trinajstić information content (AvgIpc) is 1.76. The number of hydrogen-bond donors (Lipinski definition) is 7. The number of aliphatic hydroxyl groups is 7. The maximum atomic E-state index is 14.6. The lowest BCUT2D eigenvalue weighted by molar-refractivity contribution is -0.308. The number of carbonyl (C=O) groups excluding carboxylic acids is 2. The largest absolute Gasteiger partial charge is 0.459 e. The standard InChI is InChI=1S/C44H86N2O10Si.C38H72N2O10/c1-20-33-44(14,50)38(56-57(18,19)41(8,9)10)31(7)46(17)25-26(2)22-43(13,49)37(55-40-35(47)32(45(15)16)21-27(3)52-40)29(5)36(30(6)39(48)53-33)54-34-24-42(11,12)23-28(4)51-34;1-15-28-38(11,45)32(42)26(7)40(14)20-21(2)17-37(10,44)33(50-35-30(41)27(39(12)13)16-22(3)47-35)24(5)31(25(6)34(43)48-28)49-29-19-36(8,9)18-23(4)46-29/h26-38,40,47,49-50H,20-25H2,1-19H3;21-33,35,41-42,44-45H,15-20H2,1-14H3/t26-,27-,28+,29?,30-,31-,32+,33-,34?,35-,36+,37-,38-,40?,43-,44-;21-,22-,23+,24?,25-,26-,27+,28-,29?,30-,31+,32-,33-,35?,37-,38-/m11/s1. The van der Waals surface area contributed by atoms with Crippen LogP contribution in [0.5, 0.6) is 0 Å². The summed E-state index contributed by atoms with van der Waals surface area (Å²) in [6, 6.07) is -1.25. The molecule has 0 aromatic heterocycles. The van der Waals surface area contributed by atoms with Crippen LogP contribution in [0.4, 0.5) is 0 Å². The fraction of sp³-hybridized carbons (Fsp3) is 0.976. The van der Waals surface area contributed by atoms with E-state index in [9.17, 15) is 45.3 Å². The van der Waals surface area contributed by atoms with Crippen LogP contribution in [0.2, 0.25) is 18.1 Å². The first-order chi connectivity index (χ1) is 48.8. The Bertz CT molecular complexity index is 2740. The van der Waals surface area contributed by atoms with Crippen LogP contribution in [0.1, 0.15) is 237 Å². The van der Waals surface area contributed by atoms with Gasteiger partial charge in [0.25, 0.3) is 0 Å². The van der Waals surface area contributed by atoms with Gasteiger partial charge in [0, 0.05) is 61.9 Å². The van der Waals surface area contributed by atoms with Gasteiger partial charge in [-0.25, -0.2) is 0 Å². The Hall–Kier alpha value is -1.64. The fourth-order valence-corrected chi connectivity index (χ4v) is 19.9. The summed E-state index contributed by atoms with van der Waals surface area (Å²) < 4.78 is 72.1. The lowest BCUT2D eigenvalue weighted by atomic mass is 9.77. The van der Waals surface area contributed by atoms with E-state index in [0.717, 1.165) is 12.8 Å². The molecule has 0 radical (unpaired) electrons. The van der Waals surface area contributed by atoms with E-state index in [1.165, 1.54) is 6.92 Å². The SMILES string of the molecule is CC[C@H]1OC(=O)[C@H](C)[C@@H](OC2CC(C)(C)C[C@H](C)O2)C(C)[C@@H](OC2O[C@H](C)C[C@H](N(C)C)[C@H]2O)[C@](C)(O)C[C@@H](C)CN(C)[C@H](C)[C@@H](O)[C@]1(C)O.CC[C@H]1OC(=O)[C@H](C)[C@@H](OC2CC(C)(C)C[C@H](C)O2)C(C)[C@@H](OC2O[C@H](C)C[C@H](N(C)C)[C@H]2O)[C@](C)(O)C[C@@H](C)CN(C)[C@H](C)[C@@H](O[Si](C)(C)C(C)(C)C)[C@]1(C)O. The summed E-state index contributed by atoms with van der Waals surface area (Å²) in [4.78, 5) is 36.9. The molecule has 32 atom stereocenters. The quantitative estimate of drug-likeness (QED) is 0.0628. The number of rotatable bonds is 14. The van der Waals surface area contributed by atoms with Crippen molar-refractivity contribution in [3.05, 3.63) is 0 Å². The molecule has 7 N–H and O–H groups in total. The number of cyclic esters (lactones) is 2. The van der Waals surface area contributed by atoms with E-state index in [4.69, 9.17) is 51.8 Å². The average molecular weight is 1550 g/mol. The van der Waals surface area contributed by atoms with Crippen molar-refractivity contribution in [1.82, 2.24) is 19.6 Å². The fourth-order valence-electron chi connectivity index (χ4n) is 18.5. The molecule has 630 valence electrons. The zero-order chi connectivity index (χ0) is 81.9. The third-order valence-corrected chi connectivity index (χ3v) is 30.0. The first-order valence-electron chi connectivity index (χ1n) is 40.8. The second kappa shape index (κ2) is 38.0. The highest BCUT2D eigenvalue weighted by Crippen LogP contribution is 2.46. The topological polar surface area (TPSA) is 290 Å². The molecule has 0 amide bonds. The van der Waals surface area contributed by atoms with Gasteiger partial charge in [0.1, 0.15) is 41.7 Å². The molecule has 6 unspecified atom stereocenters. The molecule has 107 heavy (non-hydrogen) atoms. The zero-order valence-corrected chi connectivity index (χ0v) is 73.9. The molecule has 6 heterocycles. The van der Waals surface area contributed by atoms with E-state index in [0.29, 0.717) is 51.6 Å². The minimum Gasteiger partial charge on any atom is -0.459 e. The zero-order valence-electron chi connectivity index (χ0n) is 72.9. The normalized spacial score (nSPS) is 45.7. The lowest BCUT2D eigenvalue weighted by Gasteiger charge is -2.49. The van der Waals surface area contributed by atoms with E-state index >= 15 is 0 Å². The predicted octanol–water partition coefficient (Wildman–Crippen LogP) is 10.1. The van der Waals surface area contributed by atoms with Crippen molar-refractivity contribution in [3.8, 4) is 0 Å². The van der Waals surface area contributed by atoms with E-state index in [2.05, 4.69) is 80.3 Å². The van der Waals surface area contributed by atoms with Gasteiger partial charge < -0.3 is 107 Å². The molecular formula is C82H158N4O20Si. The molecule has 0 saturated carbocycles. The van der Waals surface area contributed by atoms with Gasteiger partial charge >= 0.3 is 11.9 Å². The molecule has 6 aliphatic heterocycles. The smallest absolute Gasteiger partial charge is 0.311 e. The van der Waals surface area contributed by atoms with Crippen LogP contribution < -0.4 is 0 Å². The van der Waals surface area contributed by atoms with E-state index in [1.807, 2.05) is 126 Å². The number of carbonyl (C=O) groups is 2. The van der Waals surface area contributed by atoms with Crippen molar-refractivity contribution in [2.24, 2.45) is 46.3 Å². The van der Waals surface area contributed by atoms with Crippen LogP contribution >= 0.6 is 0 Å². The lowest BCUT2D eigenvalue weighted by Crippen LogP contribution is -2.63. The number of aliphatic hydroxyl groups excluding tert-OH is 3. The monoisotopic (exact) mass is 1550 g/mol. The second-order valence-electron chi connectivity index (χ2n) is 39.2. The summed E-state index contributed by atoms with van der Waals surface area (Å²) in [5.74, 6) is -4.32. The first kappa shape index (κ1) is 95.9. The highest BCUT2D eigenvalue weighted by molar-refractivity contribution is 6.74. The van der Waals surface area contributed by atoms with Crippen molar-refractivity contribution in [3.63, 3.8) is 0 Å². The predicted molar refractivity (Wildman–Crippen MR) is 418 cm³/mol. The Morgan fingerprint density at radius 3 is 1.17 bits per heavy atom. The van der Waals surface area contributed by atoms with Crippen LogP contribution in [0.25, 0.3) is 0 Å². The van der Waals surface area contributed by atoms with Crippen LogP contribution in [0, 0.1) is 46.3 Å². The van der Waals surface area contributed by atoms with Crippen LogP contribution in [0.3, 0.4) is 0 Å². The van der Waals surface area contributed by atoms with Crippen LogP contribution in [-0.4, -0.2) is 288 Å². The molecule has 6 rings (SSSR count). The number of hydrogen-bond acceptors (Lipinski definition) is 24. The van der Waals surface area contributed by atoms with Crippen molar-refractivity contribution >= 4 is 20.3 Å². The summed E-state index contributed by atoms with van der Waals surface area (Å²) in [6.45, 7) is 54.4. The maximum Gasteiger partial charge on any atom is 0.311 e. The van der Waals surface area contributed by atoms with Crippen molar-refractivity contribution in [2.75, 3.05) is 55.4 Å². The Morgan fingerprint density at radius 2 is 0.841 bits per heavy atom. The second-order valence-corrected chi connectivity index (χ2v) is 44.0. The van der Waals surface area contributed by atoms with Crippen molar-refractivity contribution in [2.45, 2.75) is 413 Å². The van der Waals surface area contributed by atoms with Gasteiger partial charge in [0.15, 0.2) is 33.5 Å². The first-order valence-corrected chi connectivity index (χ1v) is 43.7. The summed E-state index contributed by atoms with van der Waals surface area (Å²) in [5, 5.41) is 84.1. The molecule has 0 spiro atoms. The Morgan fingerprint density at radius 1 is 0.495 bits per heavy atom. The van der Waals surface area contributed by atoms with Crippen molar-refractivity contribution < 1.29 is 97.1 Å². The Balaban J connectivity index is 0.000000387. The molecule has 0 aromatic carbocycles. The maximum absolute atomic E-state index is 14.6. The molecule has 0 aromatic rings. The van der Waals surface area contributed by atoms with Gasteiger partial charge in [0.2, 0.25) is 0 Å². The van der Waals surface area contributed by atoms with E-state index < -0.39 is 159 Å². The summed E-state index contributed by atoms with van der Waals surface area (Å²) in [5.41, 5.74) is -6.41. The molecule has 0 aliphatic carbocycles. The minimum absolute atomic E-state index is 0.0556. The minimum atomic E-state index is -2.45. The number of ether oxygens (including phenoxy) is 10. The molecule has 0 bridgehead atoms. The van der Waals surface area contributed by atoms with Crippen molar-refractivity contribution in [1.29, 1.82) is 0 Å². The molecule has 6 saturated heterocycles. The summed E-state index contributed by atoms with van der Waals surface area (Å²) >= 11 is 0. The van der Waals surface area contributed by atoms with Gasteiger partial charge in [-0.15, -0.1) is 0 Å². The number of nitrogens with zero attached hydrogens (tertiary/aromatic N) is 4.